The lowest BCUT2D eigenvalue weighted by atomic mass is 9.93. The molecule has 0 aliphatic rings. The summed E-state index contributed by atoms with van der Waals surface area (Å²) in [6.07, 6.45) is 1.07. The van der Waals surface area contributed by atoms with Gasteiger partial charge in [-0.3, -0.25) is 0 Å². The fraction of sp³-hybridized carbons (Fsp3) is 0.194. The van der Waals surface area contributed by atoms with Crippen LogP contribution in [0.1, 0.15) is 61.5 Å². The van der Waals surface area contributed by atoms with Crippen molar-refractivity contribution < 1.29 is 9.53 Å². The van der Waals surface area contributed by atoms with E-state index in [1.807, 2.05) is 38.1 Å². The monoisotopic (exact) mass is 496 g/mol. The molecule has 0 aliphatic carbocycles. The van der Waals surface area contributed by atoms with Gasteiger partial charge in [0.15, 0.2) is 0 Å². The molecule has 38 heavy (non-hydrogen) atoms. The summed E-state index contributed by atoms with van der Waals surface area (Å²) in [6, 6.07) is 36.3. The maximum Gasteiger partial charge on any atom is 0.338 e. The number of carbonyl (C=O) groups excluding carboxylic acids is 1. The molecule has 0 fully saturated rings. The zero-order valence-electron chi connectivity index (χ0n) is 22.4. The van der Waals surface area contributed by atoms with E-state index in [1.54, 1.807) is 0 Å². The molecule has 6 aromatic rings. The molecule has 0 spiro atoms. The molecule has 0 saturated heterocycles. The molecule has 0 aromatic heterocycles. The average molecular weight is 497 g/mol. The number of ether oxygens (including phenoxy) is 1. The third kappa shape index (κ3) is 4.41. The summed E-state index contributed by atoms with van der Waals surface area (Å²) in [5.41, 5.74) is 2.03. The number of hydrogen-bond acceptors (Lipinski definition) is 2. The molecule has 0 heterocycles. The van der Waals surface area contributed by atoms with Crippen LogP contribution in [-0.2, 0) is 10.3 Å². The summed E-state index contributed by atoms with van der Waals surface area (Å²) >= 11 is 0. The minimum Gasteiger partial charge on any atom is -0.451 e. The van der Waals surface area contributed by atoms with E-state index in [0.717, 1.165) is 17.4 Å². The second-order valence-electron chi connectivity index (χ2n) is 11.0. The van der Waals surface area contributed by atoms with Gasteiger partial charge in [0.2, 0.25) is 0 Å². The van der Waals surface area contributed by atoms with E-state index in [4.69, 9.17) is 4.74 Å². The van der Waals surface area contributed by atoms with Crippen LogP contribution in [0.3, 0.4) is 0 Å². The topological polar surface area (TPSA) is 26.3 Å². The zero-order chi connectivity index (χ0) is 26.4. The number of esters is 1. The highest BCUT2D eigenvalue weighted by molar-refractivity contribution is 6.08. The molecule has 0 N–H and O–H groups in total. The van der Waals surface area contributed by atoms with Gasteiger partial charge < -0.3 is 4.74 Å². The van der Waals surface area contributed by atoms with Gasteiger partial charge >= 0.3 is 5.97 Å². The molecule has 1 atom stereocenters. The Bertz CT molecular complexity index is 1830. The Morgan fingerprint density at radius 1 is 0.658 bits per heavy atom. The highest BCUT2D eigenvalue weighted by Crippen LogP contribution is 2.33. The second-order valence-corrected chi connectivity index (χ2v) is 11.0. The quantitative estimate of drug-likeness (QED) is 0.175. The standard InChI is InChI=1S/C36H32O2/c1-5-23(2)24-10-12-25(13-11-24)35(37)38-36(3,4)34-15-14-28-18-31-19-29-16-26-8-6-7-9-27(26)17-30(29)20-32(31)21-33(28)22-34/h6-23H,5H2,1-4H3. The first-order valence-corrected chi connectivity index (χ1v) is 13.4. The minimum atomic E-state index is -0.766. The number of rotatable bonds is 5. The van der Waals surface area contributed by atoms with E-state index >= 15 is 0 Å². The first-order chi connectivity index (χ1) is 18.3. The molecule has 2 nitrogen and oxygen atoms in total. The highest BCUT2D eigenvalue weighted by Gasteiger charge is 2.26. The first-order valence-electron chi connectivity index (χ1n) is 13.4. The molecule has 0 saturated carbocycles. The highest BCUT2D eigenvalue weighted by atomic mass is 16.6. The predicted molar refractivity (Wildman–Crippen MR) is 160 cm³/mol. The maximum atomic E-state index is 13.0. The van der Waals surface area contributed by atoms with Crippen LogP contribution in [-0.4, -0.2) is 5.97 Å². The van der Waals surface area contributed by atoms with Gasteiger partial charge in [-0.2, -0.15) is 0 Å². The summed E-state index contributed by atoms with van der Waals surface area (Å²) < 4.78 is 6.03. The summed E-state index contributed by atoms with van der Waals surface area (Å²) in [4.78, 5) is 13.0. The number of benzene rings is 6. The van der Waals surface area contributed by atoms with E-state index in [0.29, 0.717) is 11.5 Å². The van der Waals surface area contributed by atoms with Crippen molar-refractivity contribution in [2.24, 2.45) is 0 Å². The van der Waals surface area contributed by atoms with E-state index in [2.05, 4.69) is 92.7 Å². The van der Waals surface area contributed by atoms with Crippen LogP contribution in [0.25, 0.3) is 43.1 Å². The summed E-state index contributed by atoms with van der Waals surface area (Å²) in [7, 11) is 0. The van der Waals surface area contributed by atoms with Gasteiger partial charge in [0.25, 0.3) is 0 Å². The molecular formula is C36H32O2. The third-order valence-corrected chi connectivity index (χ3v) is 7.99. The Kier molecular flexibility index (Phi) is 5.91. The molecule has 0 bridgehead atoms. The summed E-state index contributed by atoms with van der Waals surface area (Å²) in [5, 5.41) is 9.72. The minimum absolute atomic E-state index is 0.303. The first kappa shape index (κ1) is 24.2. The molecule has 188 valence electrons. The van der Waals surface area contributed by atoms with Crippen molar-refractivity contribution in [3.8, 4) is 0 Å². The summed E-state index contributed by atoms with van der Waals surface area (Å²) in [5.74, 6) is 0.172. The van der Waals surface area contributed by atoms with Crippen LogP contribution in [0, 0.1) is 0 Å². The van der Waals surface area contributed by atoms with Crippen molar-refractivity contribution >= 4 is 49.1 Å². The maximum absolute atomic E-state index is 13.0. The molecule has 1 unspecified atom stereocenters. The van der Waals surface area contributed by atoms with Crippen LogP contribution in [0.2, 0.25) is 0 Å². The molecule has 0 aliphatic heterocycles. The second kappa shape index (κ2) is 9.29. The largest absolute Gasteiger partial charge is 0.451 e. The lowest BCUT2D eigenvalue weighted by Crippen LogP contribution is -2.25. The van der Waals surface area contributed by atoms with Crippen molar-refractivity contribution in [3.05, 3.63) is 120 Å². The van der Waals surface area contributed by atoms with E-state index in [9.17, 15) is 4.79 Å². The van der Waals surface area contributed by atoms with E-state index in [1.165, 1.54) is 43.3 Å². The van der Waals surface area contributed by atoms with Gasteiger partial charge in [-0.15, -0.1) is 0 Å². The van der Waals surface area contributed by atoms with Gasteiger partial charge in [-0.05, 0) is 135 Å². The predicted octanol–water partition coefficient (Wildman–Crippen LogP) is 9.90. The van der Waals surface area contributed by atoms with Crippen molar-refractivity contribution in [2.75, 3.05) is 0 Å². The van der Waals surface area contributed by atoms with Crippen LogP contribution in [0.15, 0.2) is 103 Å². The number of fused-ring (bicyclic) bond motifs is 4. The fourth-order valence-electron chi connectivity index (χ4n) is 5.35. The van der Waals surface area contributed by atoms with Gasteiger partial charge in [0.05, 0.1) is 5.56 Å². The fourth-order valence-corrected chi connectivity index (χ4v) is 5.35. The lowest BCUT2D eigenvalue weighted by Gasteiger charge is -2.26. The van der Waals surface area contributed by atoms with Crippen molar-refractivity contribution in [1.29, 1.82) is 0 Å². The SMILES string of the molecule is CCC(C)c1ccc(C(=O)OC(C)(C)c2ccc3cc4cc5cc6ccccc6cc5cc4cc3c2)cc1. The Hall–Kier alpha value is -4.17. The number of hydrogen-bond donors (Lipinski definition) is 0. The van der Waals surface area contributed by atoms with E-state index in [-0.39, 0.29) is 5.97 Å². The molecule has 0 radical (unpaired) electrons. The Morgan fingerprint density at radius 2 is 1.13 bits per heavy atom. The number of carbonyl (C=O) groups is 1. The molecule has 6 rings (SSSR count). The molecule has 6 aromatic carbocycles. The Balaban J connectivity index is 1.33. The van der Waals surface area contributed by atoms with Crippen molar-refractivity contribution in [2.45, 2.75) is 45.6 Å². The van der Waals surface area contributed by atoms with Gasteiger partial charge in [0.1, 0.15) is 5.60 Å². The molecular weight excluding hydrogens is 464 g/mol. The molecule has 2 heteroatoms. The Morgan fingerprint density at radius 3 is 1.66 bits per heavy atom. The van der Waals surface area contributed by atoms with Gasteiger partial charge in [-0.1, -0.05) is 62.4 Å². The van der Waals surface area contributed by atoms with Crippen LogP contribution in [0.5, 0.6) is 0 Å². The lowest BCUT2D eigenvalue weighted by molar-refractivity contribution is -0.00307. The average Bonchev–Trinajstić information content (AvgIpc) is 2.93. The van der Waals surface area contributed by atoms with Crippen LogP contribution >= 0.6 is 0 Å². The zero-order valence-corrected chi connectivity index (χ0v) is 22.4. The summed E-state index contributed by atoms with van der Waals surface area (Å²) in [6.45, 7) is 8.29. The smallest absolute Gasteiger partial charge is 0.338 e. The van der Waals surface area contributed by atoms with Gasteiger partial charge in [-0.25, -0.2) is 4.79 Å². The third-order valence-electron chi connectivity index (χ3n) is 7.99. The van der Waals surface area contributed by atoms with Gasteiger partial charge in [0, 0.05) is 0 Å². The van der Waals surface area contributed by atoms with E-state index < -0.39 is 5.60 Å². The molecule has 0 amide bonds. The van der Waals surface area contributed by atoms with Crippen molar-refractivity contribution in [1.82, 2.24) is 0 Å². The van der Waals surface area contributed by atoms with Crippen LogP contribution < -0.4 is 0 Å². The van der Waals surface area contributed by atoms with Crippen molar-refractivity contribution in [3.63, 3.8) is 0 Å². The normalized spacial score (nSPS) is 12.8. The Labute approximate surface area is 223 Å². The van der Waals surface area contributed by atoms with Crippen LogP contribution in [0.4, 0.5) is 0 Å².